The second-order valence-corrected chi connectivity index (χ2v) is 9.57. The van der Waals surface area contributed by atoms with E-state index in [2.05, 4.69) is 37.3 Å². The summed E-state index contributed by atoms with van der Waals surface area (Å²) in [4.78, 5) is 12.0. The molecule has 2 heterocycles. The predicted octanol–water partition coefficient (Wildman–Crippen LogP) is 5.46. The molecule has 37 heavy (non-hydrogen) atoms. The summed E-state index contributed by atoms with van der Waals surface area (Å²) < 4.78 is 46.4. The molecule has 2 N–H and O–H groups in total. The Bertz CT molecular complexity index is 1480. The highest BCUT2D eigenvalue weighted by Crippen LogP contribution is 2.33. The van der Waals surface area contributed by atoms with Crippen molar-refractivity contribution in [3.05, 3.63) is 65.4 Å². The fourth-order valence-corrected chi connectivity index (χ4v) is 4.81. The van der Waals surface area contributed by atoms with Gasteiger partial charge in [-0.05, 0) is 61.3 Å². The molecule has 0 aliphatic carbocycles. The maximum absolute atomic E-state index is 10.9. The van der Waals surface area contributed by atoms with E-state index in [1.165, 1.54) is 0 Å². The van der Waals surface area contributed by atoms with Crippen LogP contribution in [-0.2, 0) is 14.4 Å². The van der Waals surface area contributed by atoms with E-state index in [4.69, 9.17) is 14.0 Å². The first-order valence-corrected chi connectivity index (χ1v) is 13.0. The van der Waals surface area contributed by atoms with Crippen LogP contribution in [0.3, 0.4) is 0 Å². The normalized spacial score (nSPS) is 11.6. The van der Waals surface area contributed by atoms with Gasteiger partial charge in [0.05, 0.1) is 36.0 Å². The molecule has 0 aliphatic heterocycles. The minimum atomic E-state index is -4.08. The van der Waals surface area contributed by atoms with Crippen LogP contribution in [0.1, 0.15) is 30.0 Å². The Hall–Kier alpha value is -3.61. The predicted molar refractivity (Wildman–Crippen MR) is 145 cm³/mol. The number of aryl methyl sites for hydroxylation is 3. The van der Waals surface area contributed by atoms with E-state index in [9.17, 15) is 8.42 Å². The molecular formula is C25H28N4O6S2. The number of oxime groups is 1. The van der Waals surface area contributed by atoms with E-state index in [-0.39, 0.29) is 4.90 Å². The molecule has 2 aromatic carbocycles. The highest BCUT2D eigenvalue weighted by atomic mass is 32.2. The number of rotatable bonds is 6. The van der Waals surface area contributed by atoms with Crippen LogP contribution in [-0.4, -0.2) is 40.9 Å². The van der Waals surface area contributed by atoms with Gasteiger partial charge in [0.25, 0.3) is 10.1 Å². The number of imidazole rings is 1. The van der Waals surface area contributed by atoms with Gasteiger partial charge in [0.15, 0.2) is 5.65 Å². The molecule has 10 nitrogen and oxygen atoms in total. The molecule has 4 aromatic rings. The van der Waals surface area contributed by atoms with Crippen molar-refractivity contribution in [3.8, 4) is 22.9 Å². The number of ether oxygens (including phenoxy) is 2. The van der Waals surface area contributed by atoms with Crippen LogP contribution in [0.4, 0.5) is 0 Å². The Balaban J connectivity index is 0.000000248. The third-order valence-corrected chi connectivity index (χ3v) is 6.48. The molecule has 2 aromatic heterocycles. The first-order valence-electron chi connectivity index (χ1n) is 11.2. The molecule has 0 saturated heterocycles. The molecule has 0 radical (unpaired) electrons. The molecule has 12 heteroatoms. The third-order valence-electron chi connectivity index (χ3n) is 5.24. The number of thiol groups is 1. The molecular weight excluding hydrogens is 516 g/mol. The maximum Gasteiger partial charge on any atom is 0.295 e. The molecule has 0 atom stereocenters. The van der Waals surface area contributed by atoms with Gasteiger partial charge in [-0.3, -0.25) is 4.55 Å². The number of methoxy groups -OCH3 is 1. The van der Waals surface area contributed by atoms with Gasteiger partial charge in [0.1, 0.15) is 17.3 Å². The van der Waals surface area contributed by atoms with Gasteiger partial charge in [-0.25, -0.2) is 9.97 Å². The number of hydrogen-bond donors (Lipinski definition) is 3. The van der Waals surface area contributed by atoms with E-state index in [0.29, 0.717) is 46.4 Å². The molecule has 4 rings (SSSR count). The van der Waals surface area contributed by atoms with Gasteiger partial charge in [-0.1, -0.05) is 24.6 Å². The van der Waals surface area contributed by atoms with E-state index < -0.39 is 10.1 Å². The van der Waals surface area contributed by atoms with Crippen molar-refractivity contribution >= 4 is 40.1 Å². The molecule has 196 valence electrons. The second-order valence-electron chi connectivity index (χ2n) is 8.05. The summed E-state index contributed by atoms with van der Waals surface area (Å²) in [6, 6.07) is 12.7. The number of aromatic amines is 1. The van der Waals surface area contributed by atoms with Gasteiger partial charge in [-0.15, -0.1) is 0 Å². The highest BCUT2D eigenvalue weighted by Gasteiger charge is 2.16. The van der Waals surface area contributed by atoms with Crippen LogP contribution in [0.25, 0.3) is 22.6 Å². The van der Waals surface area contributed by atoms with Gasteiger partial charge >= 0.3 is 0 Å². The van der Waals surface area contributed by atoms with Gasteiger partial charge in [0.2, 0.25) is 5.90 Å². The van der Waals surface area contributed by atoms with Crippen molar-refractivity contribution in [2.45, 2.75) is 39.0 Å². The Morgan fingerprint density at radius 3 is 2.41 bits per heavy atom. The summed E-state index contributed by atoms with van der Waals surface area (Å²) in [6.45, 7) is 7.12. The smallest absolute Gasteiger partial charge is 0.295 e. The standard InChI is InChI=1S/C16H16N4O3S.C9H12O3S/c1-3-14(20-23-24)22-13-9-10(21-2)6-7-11(13)15-18-12-5-4-8-17-16(12)19-15;1-6-4-7(2)9(8(3)5-6)13(10,11)12/h4-9,24H,3H2,1-2H3,(H,17,18,19);4-5H,1-3H3,(H,10,11,12). The summed E-state index contributed by atoms with van der Waals surface area (Å²) in [7, 11) is -2.49. The maximum atomic E-state index is 10.9. The number of hydrogen-bond acceptors (Lipinski definition) is 9. The van der Waals surface area contributed by atoms with Crippen LogP contribution >= 0.6 is 12.9 Å². The summed E-state index contributed by atoms with van der Waals surface area (Å²) in [6.07, 6.45) is 2.24. The third kappa shape index (κ3) is 7.00. The van der Waals surface area contributed by atoms with E-state index >= 15 is 0 Å². The van der Waals surface area contributed by atoms with E-state index in [0.717, 1.165) is 16.6 Å². The minimum absolute atomic E-state index is 0.0260. The average molecular weight is 545 g/mol. The first kappa shape index (κ1) is 28.0. The number of fused-ring (bicyclic) bond motifs is 1. The van der Waals surface area contributed by atoms with Gasteiger partial charge in [0, 0.05) is 18.7 Å². The lowest BCUT2D eigenvalue weighted by atomic mass is 10.1. The van der Waals surface area contributed by atoms with Crippen molar-refractivity contribution in [1.82, 2.24) is 15.0 Å². The zero-order valence-corrected chi connectivity index (χ0v) is 22.7. The number of aromatic nitrogens is 3. The topological polar surface area (TPSA) is 136 Å². The molecule has 0 saturated carbocycles. The fourth-order valence-electron chi connectivity index (χ4n) is 3.78. The van der Waals surface area contributed by atoms with Crippen molar-refractivity contribution in [2.24, 2.45) is 5.16 Å². The quantitative estimate of drug-likeness (QED) is 0.0727. The molecule has 0 spiro atoms. The number of nitrogens with one attached hydrogen (secondary N) is 1. The lowest BCUT2D eigenvalue weighted by Gasteiger charge is -2.11. The zero-order valence-electron chi connectivity index (χ0n) is 21.0. The van der Waals surface area contributed by atoms with Crippen LogP contribution in [0, 0.1) is 20.8 Å². The van der Waals surface area contributed by atoms with E-state index in [1.807, 2.05) is 38.1 Å². The average Bonchev–Trinajstić information content (AvgIpc) is 3.26. The van der Waals surface area contributed by atoms with Gasteiger partial charge in [-0.2, -0.15) is 8.42 Å². The van der Waals surface area contributed by atoms with Crippen molar-refractivity contribution < 1.29 is 26.7 Å². The van der Waals surface area contributed by atoms with E-state index in [1.54, 1.807) is 45.4 Å². The number of benzene rings is 2. The van der Waals surface area contributed by atoms with Crippen molar-refractivity contribution in [1.29, 1.82) is 0 Å². The number of nitrogens with zero attached hydrogens (tertiary/aromatic N) is 3. The number of H-pyrrole nitrogens is 1. The Kier molecular flexibility index (Phi) is 9.14. The van der Waals surface area contributed by atoms with Gasteiger partial charge < -0.3 is 18.7 Å². The zero-order chi connectivity index (χ0) is 27.2. The van der Waals surface area contributed by atoms with Crippen LogP contribution < -0.4 is 9.47 Å². The lowest BCUT2D eigenvalue weighted by molar-refractivity contribution is 0.381. The van der Waals surface area contributed by atoms with Crippen LogP contribution in [0.5, 0.6) is 11.5 Å². The molecule has 0 unspecified atom stereocenters. The first-order chi connectivity index (χ1) is 17.6. The Labute approximate surface area is 221 Å². The molecule has 0 fully saturated rings. The number of pyridine rings is 1. The van der Waals surface area contributed by atoms with Crippen molar-refractivity contribution in [3.63, 3.8) is 0 Å². The molecule has 0 bridgehead atoms. The monoisotopic (exact) mass is 544 g/mol. The largest absolute Gasteiger partial charge is 0.497 e. The molecule has 0 amide bonds. The summed E-state index contributed by atoms with van der Waals surface area (Å²) in [5, 5.41) is 3.75. The lowest BCUT2D eigenvalue weighted by Crippen LogP contribution is -2.08. The van der Waals surface area contributed by atoms with Crippen molar-refractivity contribution in [2.75, 3.05) is 7.11 Å². The summed E-state index contributed by atoms with van der Waals surface area (Å²) in [5.41, 5.74) is 4.39. The minimum Gasteiger partial charge on any atom is -0.497 e. The fraction of sp³-hybridized carbons (Fsp3) is 0.240. The molecule has 0 aliphatic rings. The van der Waals surface area contributed by atoms with Crippen LogP contribution in [0.2, 0.25) is 0 Å². The second kappa shape index (κ2) is 12.1. The summed E-state index contributed by atoms with van der Waals surface area (Å²) >= 11 is 3.63. The Morgan fingerprint density at radius 1 is 1.14 bits per heavy atom. The Morgan fingerprint density at radius 2 is 1.84 bits per heavy atom. The van der Waals surface area contributed by atoms with Crippen LogP contribution in [0.15, 0.2) is 58.7 Å². The SMILES string of the molecule is CCC(=NOS)Oc1cc(OC)ccc1-c1nc2ncccc2[nH]1.Cc1cc(C)c(S(=O)(=O)O)c(C)c1. The highest BCUT2D eigenvalue weighted by molar-refractivity contribution is 7.86. The summed E-state index contributed by atoms with van der Waals surface area (Å²) in [5.74, 6) is 2.22.